The van der Waals surface area contributed by atoms with Gasteiger partial charge in [-0.25, -0.2) is 4.57 Å². The van der Waals surface area contributed by atoms with Gasteiger partial charge < -0.3 is 39.9 Å². The first-order valence-electron chi connectivity index (χ1n) is 22.9. The first-order valence-corrected chi connectivity index (χ1v) is 24.4. The van der Waals surface area contributed by atoms with Gasteiger partial charge in [0.15, 0.2) is 6.10 Å². The number of rotatable bonds is 37. The first-order chi connectivity index (χ1) is 28.9. The average molecular weight is 873 g/mol. The van der Waals surface area contributed by atoms with Crippen molar-refractivity contribution in [2.24, 2.45) is 0 Å². The maximum absolute atomic E-state index is 12.8. The van der Waals surface area contributed by atoms with Crippen LogP contribution in [-0.4, -0.2) is 98.3 Å². The van der Waals surface area contributed by atoms with E-state index >= 15 is 0 Å². The molecule has 60 heavy (non-hydrogen) atoms. The molecule has 1 aliphatic rings. The molecule has 348 valence electrons. The smallest absolute Gasteiger partial charge is 0.462 e. The Morgan fingerprint density at radius 3 is 1.42 bits per heavy atom. The third-order valence-corrected chi connectivity index (χ3v) is 11.4. The van der Waals surface area contributed by atoms with Gasteiger partial charge in [-0.1, -0.05) is 140 Å². The molecule has 0 radical (unpaired) electrons. The molecule has 0 aromatic carbocycles. The van der Waals surface area contributed by atoms with Crippen LogP contribution < -0.4 is 0 Å². The van der Waals surface area contributed by atoms with Crippen molar-refractivity contribution >= 4 is 19.8 Å². The standard InChI is InChI=1S/C46H81O13P/c1-3-5-7-9-11-13-15-17-18-19-20-21-23-25-27-29-31-33-35-40(48)58-38(37-57-60(54,55)59-46-44(52)42(50)41(49)43(51)45(46)53)36-56-39(47)34-32-30-28-26-24-22-16-14-12-10-8-6-4-2/h8,10,13-16,18-19,38,41-46,49-53H,3-7,9,11-12,17,20-37H2,1-2H3,(H,54,55)/b10-8-,15-13-,16-14-,19-18-. The molecule has 1 fully saturated rings. The van der Waals surface area contributed by atoms with Gasteiger partial charge in [-0.05, 0) is 70.6 Å². The zero-order valence-electron chi connectivity index (χ0n) is 36.7. The Morgan fingerprint density at radius 1 is 0.517 bits per heavy atom. The monoisotopic (exact) mass is 873 g/mol. The van der Waals surface area contributed by atoms with Gasteiger partial charge in [-0.3, -0.25) is 18.6 Å². The van der Waals surface area contributed by atoms with Crippen molar-refractivity contribution < 1.29 is 63.1 Å². The van der Waals surface area contributed by atoms with Crippen molar-refractivity contribution in [1.29, 1.82) is 0 Å². The van der Waals surface area contributed by atoms with Crippen molar-refractivity contribution in [2.45, 2.75) is 217 Å². The van der Waals surface area contributed by atoms with E-state index in [0.717, 1.165) is 103 Å². The van der Waals surface area contributed by atoms with E-state index in [-0.39, 0.29) is 12.8 Å². The van der Waals surface area contributed by atoms with E-state index in [0.29, 0.717) is 12.8 Å². The Morgan fingerprint density at radius 2 is 0.933 bits per heavy atom. The lowest BCUT2D eigenvalue weighted by atomic mass is 9.85. The number of carbonyl (C=O) groups excluding carboxylic acids is 2. The predicted molar refractivity (Wildman–Crippen MR) is 235 cm³/mol. The molecule has 0 bridgehead atoms. The van der Waals surface area contributed by atoms with Crippen LogP contribution in [-0.2, 0) is 32.7 Å². The van der Waals surface area contributed by atoms with E-state index in [1.165, 1.54) is 32.1 Å². The van der Waals surface area contributed by atoms with Crippen LogP contribution >= 0.6 is 7.82 Å². The lowest BCUT2D eigenvalue weighted by molar-refractivity contribution is -0.220. The van der Waals surface area contributed by atoms with Crippen molar-refractivity contribution in [3.8, 4) is 0 Å². The van der Waals surface area contributed by atoms with E-state index in [1.54, 1.807) is 0 Å². The molecule has 0 amide bonds. The van der Waals surface area contributed by atoms with Crippen LogP contribution in [0.2, 0.25) is 0 Å². The Kier molecular flexibility index (Phi) is 33.8. The highest BCUT2D eigenvalue weighted by atomic mass is 31.2. The van der Waals surface area contributed by atoms with Gasteiger partial charge >= 0.3 is 19.8 Å². The van der Waals surface area contributed by atoms with Gasteiger partial charge in [0.25, 0.3) is 0 Å². The molecule has 0 aromatic heterocycles. The fourth-order valence-electron chi connectivity index (χ4n) is 6.65. The maximum Gasteiger partial charge on any atom is 0.472 e. The number of phosphoric acid groups is 1. The van der Waals surface area contributed by atoms with Gasteiger partial charge in [0.1, 0.15) is 43.2 Å². The molecule has 1 aliphatic carbocycles. The zero-order valence-corrected chi connectivity index (χ0v) is 37.6. The van der Waals surface area contributed by atoms with E-state index < -0.39 is 75.7 Å². The summed E-state index contributed by atoms with van der Waals surface area (Å²) < 4.78 is 33.5. The number of hydrogen-bond donors (Lipinski definition) is 6. The van der Waals surface area contributed by atoms with Gasteiger partial charge in [0.05, 0.1) is 6.61 Å². The summed E-state index contributed by atoms with van der Waals surface area (Å²) in [4.78, 5) is 35.7. The van der Waals surface area contributed by atoms with E-state index in [2.05, 4.69) is 62.5 Å². The highest BCUT2D eigenvalue weighted by Gasteiger charge is 2.51. The molecule has 6 unspecified atom stereocenters. The Balaban J connectivity index is 2.47. The minimum atomic E-state index is -5.12. The summed E-state index contributed by atoms with van der Waals surface area (Å²) >= 11 is 0. The molecule has 1 saturated carbocycles. The number of esters is 2. The molecule has 13 nitrogen and oxygen atoms in total. The summed E-state index contributed by atoms with van der Waals surface area (Å²) in [6.45, 7) is 3.19. The van der Waals surface area contributed by atoms with Gasteiger partial charge in [0.2, 0.25) is 0 Å². The SMILES string of the molecule is CCC/C=C\C/C=C\CCCCCCCC(=O)OCC(COP(=O)(O)OC1C(O)C(O)C(O)C(O)C1O)OC(=O)CCCCCCCCC/C=C\C/C=C\CCCCCC. The molecule has 6 atom stereocenters. The molecule has 0 heterocycles. The second-order valence-corrected chi connectivity index (χ2v) is 17.3. The van der Waals surface area contributed by atoms with E-state index in [9.17, 15) is 44.6 Å². The average Bonchev–Trinajstić information content (AvgIpc) is 3.23. The lowest BCUT2D eigenvalue weighted by Gasteiger charge is -2.41. The number of hydrogen-bond acceptors (Lipinski definition) is 12. The Labute approximate surface area is 360 Å². The van der Waals surface area contributed by atoms with Gasteiger partial charge in [-0.15, -0.1) is 0 Å². The van der Waals surface area contributed by atoms with Crippen molar-refractivity contribution in [3.63, 3.8) is 0 Å². The lowest BCUT2D eigenvalue weighted by Crippen LogP contribution is -2.64. The van der Waals surface area contributed by atoms with Crippen LogP contribution in [0.3, 0.4) is 0 Å². The van der Waals surface area contributed by atoms with E-state index in [1.807, 2.05) is 0 Å². The molecule has 1 rings (SSSR count). The van der Waals surface area contributed by atoms with Crippen LogP contribution in [0.5, 0.6) is 0 Å². The second-order valence-electron chi connectivity index (χ2n) is 15.9. The molecular formula is C46H81O13P. The number of unbranched alkanes of at least 4 members (excludes halogenated alkanes) is 17. The van der Waals surface area contributed by atoms with Crippen LogP contribution in [0.15, 0.2) is 48.6 Å². The molecule has 14 heteroatoms. The molecule has 0 aliphatic heterocycles. The first kappa shape index (κ1) is 55.8. The predicted octanol–water partition coefficient (Wildman–Crippen LogP) is 8.78. The number of ether oxygens (including phenoxy) is 2. The van der Waals surface area contributed by atoms with Crippen LogP contribution in [0.25, 0.3) is 0 Å². The van der Waals surface area contributed by atoms with Crippen LogP contribution in [0, 0.1) is 0 Å². The van der Waals surface area contributed by atoms with Gasteiger partial charge in [-0.2, -0.15) is 0 Å². The summed E-state index contributed by atoms with van der Waals surface area (Å²) in [5, 5.41) is 50.1. The number of aliphatic hydroxyl groups is 5. The Hall–Kier alpha value is -2.19. The number of carbonyl (C=O) groups is 2. The topological polar surface area (TPSA) is 210 Å². The van der Waals surface area contributed by atoms with Crippen molar-refractivity contribution in [1.82, 2.24) is 0 Å². The summed E-state index contributed by atoms with van der Waals surface area (Å²) in [5.41, 5.74) is 0. The minimum Gasteiger partial charge on any atom is -0.462 e. The molecule has 0 saturated heterocycles. The third-order valence-electron chi connectivity index (χ3n) is 10.4. The fourth-order valence-corrected chi connectivity index (χ4v) is 7.62. The fraction of sp³-hybridized carbons (Fsp3) is 0.783. The Bertz CT molecular complexity index is 1240. The van der Waals surface area contributed by atoms with Crippen molar-refractivity contribution in [3.05, 3.63) is 48.6 Å². The number of allylic oxidation sites excluding steroid dienone is 8. The third kappa shape index (κ3) is 28.4. The minimum absolute atomic E-state index is 0.0834. The normalized spacial score (nSPS) is 22.6. The molecule has 6 N–H and O–H groups in total. The highest BCUT2D eigenvalue weighted by molar-refractivity contribution is 7.47. The number of phosphoric ester groups is 1. The summed E-state index contributed by atoms with van der Waals surface area (Å²) in [7, 11) is -5.12. The summed E-state index contributed by atoms with van der Waals surface area (Å²) in [6, 6.07) is 0. The highest BCUT2D eigenvalue weighted by Crippen LogP contribution is 2.47. The molecule has 0 spiro atoms. The second kappa shape index (κ2) is 36.3. The van der Waals surface area contributed by atoms with Crippen molar-refractivity contribution in [2.75, 3.05) is 13.2 Å². The van der Waals surface area contributed by atoms with Crippen LogP contribution in [0.4, 0.5) is 0 Å². The maximum atomic E-state index is 12.8. The quantitative estimate of drug-likeness (QED) is 0.0149. The molecule has 0 aromatic rings. The van der Waals surface area contributed by atoms with E-state index in [4.69, 9.17) is 18.5 Å². The van der Waals surface area contributed by atoms with Crippen LogP contribution in [0.1, 0.15) is 174 Å². The number of aliphatic hydroxyl groups excluding tert-OH is 5. The molecular weight excluding hydrogens is 791 g/mol. The summed E-state index contributed by atoms with van der Waals surface area (Å²) in [5.74, 6) is -1.13. The zero-order chi connectivity index (χ0) is 44.3. The largest absolute Gasteiger partial charge is 0.472 e. The summed E-state index contributed by atoms with van der Waals surface area (Å²) in [6.07, 6.45) is 28.8. The van der Waals surface area contributed by atoms with Gasteiger partial charge in [0, 0.05) is 12.8 Å².